The second-order valence-corrected chi connectivity index (χ2v) is 8.67. The van der Waals surface area contributed by atoms with Crippen LogP contribution in [0.3, 0.4) is 0 Å². The predicted octanol–water partition coefficient (Wildman–Crippen LogP) is 3.94. The van der Waals surface area contributed by atoms with E-state index in [1.807, 2.05) is 0 Å². The molecule has 0 spiro atoms. The summed E-state index contributed by atoms with van der Waals surface area (Å²) < 4.78 is 0. The van der Waals surface area contributed by atoms with Gasteiger partial charge in [-0.15, -0.1) is 0 Å². The molecular formula is C23H29N3. The predicted molar refractivity (Wildman–Crippen MR) is 107 cm³/mol. The van der Waals surface area contributed by atoms with Gasteiger partial charge in [-0.3, -0.25) is 4.98 Å². The van der Waals surface area contributed by atoms with E-state index in [9.17, 15) is 0 Å². The van der Waals surface area contributed by atoms with Gasteiger partial charge in [0.1, 0.15) is 0 Å². The summed E-state index contributed by atoms with van der Waals surface area (Å²) in [5.41, 5.74) is 6.96. The molecule has 2 bridgehead atoms. The van der Waals surface area contributed by atoms with Crippen molar-refractivity contribution in [2.45, 2.75) is 51.1 Å². The van der Waals surface area contributed by atoms with Crippen LogP contribution in [0.2, 0.25) is 0 Å². The highest BCUT2D eigenvalue weighted by molar-refractivity contribution is 5.64. The summed E-state index contributed by atoms with van der Waals surface area (Å²) >= 11 is 0. The van der Waals surface area contributed by atoms with Gasteiger partial charge in [-0.05, 0) is 69.3 Å². The third kappa shape index (κ3) is 2.48. The Labute approximate surface area is 157 Å². The van der Waals surface area contributed by atoms with Crippen molar-refractivity contribution in [1.82, 2.24) is 9.88 Å². The van der Waals surface area contributed by atoms with Crippen LogP contribution >= 0.6 is 0 Å². The van der Waals surface area contributed by atoms with Gasteiger partial charge < -0.3 is 9.80 Å². The number of aromatic nitrogens is 1. The van der Waals surface area contributed by atoms with Crippen molar-refractivity contribution >= 4 is 5.69 Å². The highest BCUT2D eigenvalue weighted by atomic mass is 15.3. The van der Waals surface area contributed by atoms with Gasteiger partial charge >= 0.3 is 0 Å². The van der Waals surface area contributed by atoms with Crippen molar-refractivity contribution in [2.75, 3.05) is 25.0 Å². The number of likely N-dealkylation sites (N-methyl/N-ethyl adjacent to an activating group) is 1. The van der Waals surface area contributed by atoms with Crippen molar-refractivity contribution in [2.24, 2.45) is 5.92 Å². The Balaban J connectivity index is 1.48. The summed E-state index contributed by atoms with van der Waals surface area (Å²) in [5.74, 6) is 1.50. The third-order valence-electron chi connectivity index (χ3n) is 7.01. The van der Waals surface area contributed by atoms with Crippen LogP contribution in [0.5, 0.6) is 0 Å². The van der Waals surface area contributed by atoms with Gasteiger partial charge in [0.25, 0.3) is 0 Å². The molecule has 3 fully saturated rings. The van der Waals surface area contributed by atoms with E-state index in [1.54, 1.807) is 5.56 Å². The molecule has 26 heavy (non-hydrogen) atoms. The fourth-order valence-electron chi connectivity index (χ4n) is 5.82. The van der Waals surface area contributed by atoms with Crippen LogP contribution in [0.1, 0.15) is 41.1 Å². The molecule has 1 aromatic heterocycles. The van der Waals surface area contributed by atoms with Crippen LogP contribution in [0.15, 0.2) is 36.5 Å². The second-order valence-electron chi connectivity index (χ2n) is 8.67. The SMILES string of the molecule is Cc1ccc2c(c1)[C@@H]1[C@@H]([C@@H]3CC[C@H]1N(C)C3)N2CCc1ccc(C)nc1. The topological polar surface area (TPSA) is 19.4 Å². The number of benzene rings is 1. The van der Waals surface area contributed by atoms with E-state index in [2.05, 4.69) is 72.2 Å². The highest BCUT2D eigenvalue weighted by Gasteiger charge is 2.53. The normalized spacial score (nSPS) is 29.7. The number of hydrogen-bond acceptors (Lipinski definition) is 3. The zero-order valence-corrected chi connectivity index (χ0v) is 16.2. The van der Waals surface area contributed by atoms with Gasteiger partial charge in [0.05, 0.1) is 0 Å². The van der Waals surface area contributed by atoms with E-state index >= 15 is 0 Å². The maximum absolute atomic E-state index is 4.48. The lowest BCUT2D eigenvalue weighted by molar-refractivity contribution is 0.0371. The molecule has 3 nitrogen and oxygen atoms in total. The lowest BCUT2D eigenvalue weighted by Crippen LogP contribution is -2.60. The van der Waals surface area contributed by atoms with Gasteiger partial charge in [-0.2, -0.15) is 0 Å². The van der Waals surface area contributed by atoms with E-state index in [0.717, 1.165) is 30.6 Å². The summed E-state index contributed by atoms with van der Waals surface area (Å²) in [6.07, 6.45) is 5.90. The number of fused-ring (bicyclic) bond motifs is 3. The maximum atomic E-state index is 4.48. The third-order valence-corrected chi connectivity index (χ3v) is 7.01. The Kier molecular flexibility index (Phi) is 3.82. The molecule has 0 radical (unpaired) electrons. The minimum absolute atomic E-state index is 0.693. The van der Waals surface area contributed by atoms with Crippen LogP contribution < -0.4 is 4.90 Å². The Hall–Kier alpha value is -1.87. The van der Waals surface area contributed by atoms with Crippen LogP contribution in [0.25, 0.3) is 0 Å². The van der Waals surface area contributed by atoms with Gasteiger partial charge in [0.15, 0.2) is 0 Å². The minimum atomic E-state index is 0.693. The van der Waals surface area contributed by atoms with Gasteiger partial charge in [0, 0.05) is 48.7 Å². The molecule has 136 valence electrons. The molecule has 1 saturated carbocycles. The zero-order valence-electron chi connectivity index (χ0n) is 16.2. The van der Waals surface area contributed by atoms with E-state index in [-0.39, 0.29) is 0 Å². The standard InChI is InChI=1S/C23H29N3/c1-15-4-8-20-19(12-15)22-21-9-7-18(14-25(21)3)23(22)26(20)11-10-17-6-5-16(2)24-13-17/h4-6,8,12-13,18,21-23H,7,9-11,14H2,1-3H3/t18-,21-,22+,23-/m1/s1. The van der Waals surface area contributed by atoms with E-state index in [1.165, 1.54) is 36.2 Å². The number of anilines is 1. The summed E-state index contributed by atoms with van der Waals surface area (Å²) in [6, 6.07) is 12.9. The number of hydrogen-bond donors (Lipinski definition) is 0. The van der Waals surface area contributed by atoms with Crippen molar-refractivity contribution in [3.05, 3.63) is 58.9 Å². The molecule has 1 aromatic carbocycles. The molecule has 0 unspecified atom stereocenters. The van der Waals surface area contributed by atoms with E-state index in [0.29, 0.717) is 12.0 Å². The summed E-state index contributed by atoms with van der Waals surface area (Å²) in [6.45, 7) is 6.67. The molecule has 2 aromatic rings. The first-order valence-electron chi connectivity index (χ1n) is 10.1. The second kappa shape index (κ2) is 6.09. The molecule has 3 aliphatic heterocycles. The lowest BCUT2D eigenvalue weighted by atomic mass is 9.68. The Morgan fingerprint density at radius 3 is 2.77 bits per heavy atom. The van der Waals surface area contributed by atoms with Crippen LogP contribution in [0.4, 0.5) is 5.69 Å². The van der Waals surface area contributed by atoms with Crippen LogP contribution in [-0.2, 0) is 6.42 Å². The average molecular weight is 348 g/mol. The van der Waals surface area contributed by atoms with E-state index in [4.69, 9.17) is 0 Å². The average Bonchev–Trinajstić information content (AvgIpc) is 2.97. The van der Waals surface area contributed by atoms with Gasteiger partial charge in [-0.1, -0.05) is 23.8 Å². The monoisotopic (exact) mass is 347 g/mol. The molecular weight excluding hydrogens is 318 g/mol. The minimum Gasteiger partial charge on any atom is -0.367 e. The molecule has 4 atom stereocenters. The molecule has 6 rings (SSSR count). The highest BCUT2D eigenvalue weighted by Crippen LogP contribution is 2.54. The van der Waals surface area contributed by atoms with Crippen molar-refractivity contribution in [1.29, 1.82) is 0 Å². The number of rotatable bonds is 3. The Bertz CT molecular complexity index is 813. The molecule has 2 saturated heterocycles. The number of piperidine rings is 2. The first-order valence-corrected chi connectivity index (χ1v) is 10.1. The van der Waals surface area contributed by atoms with Crippen molar-refractivity contribution in [3.63, 3.8) is 0 Å². The summed E-state index contributed by atoms with van der Waals surface area (Å²) in [5, 5.41) is 0. The molecule has 3 heteroatoms. The van der Waals surface area contributed by atoms with Crippen LogP contribution in [0, 0.1) is 19.8 Å². The smallest absolute Gasteiger partial charge is 0.0414 e. The fraction of sp³-hybridized carbons (Fsp3) is 0.522. The maximum Gasteiger partial charge on any atom is 0.0414 e. The molecule has 4 aliphatic rings. The van der Waals surface area contributed by atoms with Crippen molar-refractivity contribution < 1.29 is 0 Å². The first-order chi connectivity index (χ1) is 12.6. The molecule has 1 aliphatic carbocycles. The number of nitrogens with zero attached hydrogens (tertiary/aromatic N) is 3. The summed E-state index contributed by atoms with van der Waals surface area (Å²) in [4.78, 5) is 9.87. The van der Waals surface area contributed by atoms with Gasteiger partial charge in [-0.25, -0.2) is 0 Å². The largest absolute Gasteiger partial charge is 0.367 e. The molecule has 4 heterocycles. The van der Waals surface area contributed by atoms with Crippen molar-refractivity contribution in [3.8, 4) is 0 Å². The summed E-state index contributed by atoms with van der Waals surface area (Å²) in [7, 11) is 2.34. The number of pyridine rings is 1. The lowest BCUT2D eigenvalue weighted by Gasteiger charge is -2.53. The fourth-order valence-corrected chi connectivity index (χ4v) is 5.82. The number of aryl methyl sites for hydroxylation is 2. The van der Waals surface area contributed by atoms with Gasteiger partial charge in [0.2, 0.25) is 0 Å². The first kappa shape index (κ1) is 16.3. The molecule has 0 N–H and O–H groups in total. The van der Waals surface area contributed by atoms with E-state index < -0.39 is 0 Å². The van der Waals surface area contributed by atoms with Crippen LogP contribution in [-0.4, -0.2) is 42.1 Å². The quantitative estimate of drug-likeness (QED) is 0.838. The Morgan fingerprint density at radius 2 is 2.00 bits per heavy atom. The molecule has 0 amide bonds. The zero-order chi connectivity index (χ0) is 17.8. The Morgan fingerprint density at radius 1 is 1.12 bits per heavy atom.